The maximum absolute atomic E-state index is 13.7. The molecule has 3 rings (SSSR count). The van der Waals surface area contributed by atoms with E-state index in [1.54, 1.807) is 24.4 Å². The van der Waals surface area contributed by atoms with Crippen LogP contribution < -0.4 is 4.74 Å². The van der Waals surface area contributed by atoms with E-state index in [0.717, 1.165) is 11.6 Å². The predicted octanol–water partition coefficient (Wildman–Crippen LogP) is 3.68. The quantitative estimate of drug-likeness (QED) is 0.615. The van der Waals surface area contributed by atoms with Gasteiger partial charge >= 0.3 is 0 Å². The van der Waals surface area contributed by atoms with Gasteiger partial charge in [-0.1, -0.05) is 6.07 Å². The summed E-state index contributed by atoms with van der Waals surface area (Å²) < 4.78 is 46.6. The summed E-state index contributed by atoms with van der Waals surface area (Å²) in [6, 6.07) is 10.6. The number of thiophene rings is 1. The number of sulfonamides is 1. The summed E-state index contributed by atoms with van der Waals surface area (Å²) in [6.45, 7) is 0.223. The van der Waals surface area contributed by atoms with Crippen LogP contribution in [0.3, 0.4) is 0 Å². The molecular weight excluding hydrogens is 375 g/mol. The van der Waals surface area contributed by atoms with Crippen molar-refractivity contribution in [1.29, 1.82) is 0 Å². The van der Waals surface area contributed by atoms with Crippen LogP contribution in [0.25, 0.3) is 0 Å². The molecule has 2 heterocycles. The average Bonchev–Trinajstić information content (AvgIpc) is 3.15. The Balaban J connectivity index is 2.03. The van der Waals surface area contributed by atoms with Crippen molar-refractivity contribution in [2.45, 2.75) is 18.0 Å². The lowest BCUT2D eigenvalue weighted by Crippen LogP contribution is -2.31. The van der Waals surface area contributed by atoms with Crippen molar-refractivity contribution in [3.63, 3.8) is 0 Å². The van der Waals surface area contributed by atoms with Gasteiger partial charge in [-0.15, -0.1) is 0 Å². The highest BCUT2D eigenvalue weighted by Gasteiger charge is 2.29. The SMILES string of the molecule is COc1ccc(F)cc1S(=O)(=O)N(Cc1ccsc1)Cc1ccccn1. The van der Waals surface area contributed by atoms with Gasteiger partial charge in [0.05, 0.1) is 19.3 Å². The minimum Gasteiger partial charge on any atom is -0.495 e. The second-order valence-electron chi connectivity index (χ2n) is 5.52. The van der Waals surface area contributed by atoms with Crippen LogP contribution in [-0.2, 0) is 23.1 Å². The fraction of sp³-hybridized carbons (Fsp3) is 0.167. The normalized spacial score (nSPS) is 11.7. The van der Waals surface area contributed by atoms with Gasteiger partial charge in [0.25, 0.3) is 0 Å². The molecule has 0 amide bonds. The van der Waals surface area contributed by atoms with Crippen LogP contribution in [0.5, 0.6) is 5.75 Å². The summed E-state index contributed by atoms with van der Waals surface area (Å²) in [5.41, 5.74) is 1.45. The third kappa shape index (κ3) is 4.09. The highest BCUT2D eigenvalue weighted by Crippen LogP contribution is 2.29. The number of hydrogen-bond acceptors (Lipinski definition) is 5. The molecule has 0 unspecified atom stereocenters. The monoisotopic (exact) mass is 392 g/mol. The maximum atomic E-state index is 13.7. The molecular formula is C18H17FN2O3S2. The number of halogens is 1. The zero-order chi connectivity index (χ0) is 18.6. The van der Waals surface area contributed by atoms with Crippen LogP contribution in [0.1, 0.15) is 11.3 Å². The molecule has 0 N–H and O–H groups in total. The van der Waals surface area contributed by atoms with Crippen molar-refractivity contribution in [3.8, 4) is 5.75 Å². The lowest BCUT2D eigenvalue weighted by Gasteiger charge is -2.22. The van der Waals surface area contributed by atoms with E-state index < -0.39 is 15.8 Å². The molecule has 3 aromatic rings. The Labute approximate surface area is 155 Å². The van der Waals surface area contributed by atoms with Gasteiger partial charge in [0.15, 0.2) is 0 Å². The Bertz CT molecular complexity index is 961. The second-order valence-corrected chi connectivity index (χ2v) is 8.21. The maximum Gasteiger partial charge on any atom is 0.247 e. The van der Waals surface area contributed by atoms with Crippen LogP contribution in [0.2, 0.25) is 0 Å². The van der Waals surface area contributed by atoms with Crippen LogP contribution in [0, 0.1) is 5.82 Å². The molecule has 5 nitrogen and oxygen atoms in total. The number of ether oxygens (including phenoxy) is 1. The van der Waals surface area contributed by atoms with Gasteiger partial charge in [-0.25, -0.2) is 12.8 Å². The molecule has 8 heteroatoms. The summed E-state index contributed by atoms with van der Waals surface area (Å²) in [5, 5.41) is 3.76. The minimum atomic E-state index is -4.01. The van der Waals surface area contributed by atoms with Crippen molar-refractivity contribution >= 4 is 21.4 Å². The van der Waals surface area contributed by atoms with E-state index in [9.17, 15) is 12.8 Å². The Morgan fingerprint density at radius 1 is 1.19 bits per heavy atom. The van der Waals surface area contributed by atoms with E-state index in [2.05, 4.69) is 4.98 Å². The molecule has 0 radical (unpaired) electrons. The van der Waals surface area contributed by atoms with Gasteiger partial charge < -0.3 is 4.74 Å². The number of methoxy groups -OCH3 is 1. The summed E-state index contributed by atoms with van der Waals surface area (Å²) >= 11 is 1.48. The first-order valence-electron chi connectivity index (χ1n) is 7.75. The fourth-order valence-corrected chi connectivity index (χ4v) is 4.70. The first-order chi connectivity index (χ1) is 12.5. The molecule has 0 spiro atoms. The molecule has 136 valence electrons. The molecule has 26 heavy (non-hydrogen) atoms. The van der Waals surface area contributed by atoms with Crippen LogP contribution >= 0.6 is 11.3 Å². The number of hydrogen-bond donors (Lipinski definition) is 0. The molecule has 2 aromatic heterocycles. The number of aromatic nitrogens is 1. The smallest absolute Gasteiger partial charge is 0.247 e. The van der Waals surface area contributed by atoms with E-state index in [1.807, 2.05) is 16.8 Å². The Morgan fingerprint density at radius 3 is 2.69 bits per heavy atom. The Hall–Kier alpha value is -2.29. The summed E-state index contributed by atoms with van der Waals surface area (Å²) in [4.78, 5) is 4.00. The highest BCUT2D eigenvalue weighted by molar-refractivity contribution is 7.89. The zero-order valence-corrected chi connectivity index (χ0v) is 15.6. The number of pyridine rings is 1. The third-order valence-corrected chi connectivity index (χ3v) is 6.29. The van der Waals surface area contributed by atoms with E-state index in [0.29, 0.717) is 5.69 Å². The van der Waals surface area contributed by atoms with Gasteiger partial charge in [-0.3, -0.25) is 4.98 Å². The van der Waals surface area contributed by atoms with E-state index in [4.69, 9.17) is 4.74 Å². The average molecular weight is 392 g/mol. The Morgan fingerprint density at radius 2 is 2.04 bits per heavy atom. The zero-order valence-electron chi connectivity index (χ0n) is 14.0. The predicted molar refractivity (Wildman–Crippen MR) is 97.9 cm³/mol. The lowest BCUT2D eigenvalue weighted by molar-refractivity contribution is 0.379. The molecule has 0 aliphatic carbocycles. The van der Waals surface area contributed by atoms with Crippen molar-refractivity contribution in [1.82, 2.24) is 9.29 Å². The largest absolute Gasteiger partial charge is 0.495 e. The highest BCUT2D eigenvalue weighted by atomic mass is 32.2. The summed E-state index contributed by atoms with van der Waals surface area (Å²) in [7, 11) is -2.65. The molecule has 0 bridgehead atoms. The van der Waals surface area contributed by atoms with E-state index in [-0.39, 0.29) is 23.7 Å². The molecule has 0 saturated heterocycles. The van der Waals surface area contributed by atoms with Crippen LogP contribution in [-0.4, -0.2) is 24.8 Å². The van der Waals surface area contributed by atoms with Crippen molar-refractivity contribution < 1.29 is 17.5 Å². The van der Waals surface area contributed by atoms with Gasteiger partial charge in [0.2, 0.25) is 10.0 Å². The summed E-state index contributed by atoms with van der Waals surface area (Å²) in [6.07, 6.45) is 1.60. The summed E-state index contributed by atoms with van der Waals surface area (Å²) in [5.74, 6) is -0.541. The number of rotatable bonds is 7. The second kappa shape index (κ2) is 7.94. The third-order valence-electron chi connectivity index (χ3n) is 3.75. The molecule has 0 aliphatic rings. The Kier molecular flexibility index (Phi) is 5.65. The van der Waals surface area contributed by atoms with Gasteiger partial charge in [0, 0.05) is 12.7 Å². The van der Waals surface area contributed by atoms with E-state index in [1.165, 1.54) is 34.9 Å². The van der Waals surface area contributed by atoms with Gasteiger partial charge in [-0.2, -0.15) is 15.6 Å². The van der Waals surface area contributed by atoms with Crippen LogP contribution in [0.15, 0.2) is 64.3 Å². The molecule has 1 aromatic carbocycles. The van der Waals surface area contributed by atoms with Crippen molar-refractivity contribution in [2.24, 2.45) is 0 Å². The fourth-order valence-electron chi connectivity index (χ4n) is 2.48. The molecule has 0 fully saturated rings. The van der Waals surface area contributed by atoms with Gasteiger partial charge in [-0.05, 0) is 52.7 Å². The van der Waals surface area contributed by atoms with Gasteiger partial charge in [0.1, 0.15) is 16.5 Å². The number of nitrogens with zero attached hydrogens (tertiary/aromatic N) is 2. The van der Waals surface area contributed by atoms with E-state index >= 15 is 0 Å². The molecule has 0 aliphatic heterocycles. The first kappa shape index (κ1) is 18.5. The minimum absolute atomic E-state index is 0.0681. The van der Waals surface area contributed by atoms with Crippen LogP contribution in [0.4, 0.5) is 4.39 Å². The van der Waals surface area contributed by atoms with Crippen molar-refractivity contribution in [3.05, 3.63) is 76.5 Å². The topological polar surface area (TPSA) is 59.5 Å². The standard InChI is InChI=1S/C18H17FN2O3S2/c1-24-17-6-5-15(19)10-18(17)26(22,23)21(11-14-7-9-25-13-14)12-16-4-2-3-8-20-16/h2-10,13H,11-12H2,1H3. The number of benzene rings is 1. The first-order valence-corrected chi connectivity index (χ1v) is 10.1. The van der Waals surface area contributed by atoms with Crippen molar-refractivity contribution in [2.75, 3.05) is 7.11 Å². The molecule has 0 atom stereocenters. The molecule has 0 saturated carbocycles. The lowest BCUT2D eigenvalue weighted by atomic mass is 10.3.